The van der Waals surface area contributed by atoms with Crippen LogP contribution in [0.25, 0.3) is 18.2 Å². The summed E-state index contributed by atoms with van der Waals surface area (Å²) in [6.45, 7) is 11.8. The third-order valence-corrected chi connectivity index (χ3v) is 8.76. The largest absolute Gasteiger partial charge is 0.491 e. The molecule has 5 aromatic rings. The van der Waals surface area contributed by atoms with Gasteiger partial charge in [0, 0.05) is 41.0 Å². The summed E-state index contributed by atoms with van der Waals surface area (Å²) in [6, 6.07) is 23.4. The number of nitrogens with two attached hydrogens (primary N) is 1. The molecule has 322 valence electrons. The van der Waals surface area contributed by atoms with Crippen LogP contribution in [0.3, 0.4) is 0 Å². The Morgan fingerprint density at radius 2 is 1.24 bits per heavy atom. The molecule has 0 aromatic heterocycles. The van der Waals surface area contributed by atoms with Crippen molar-refractivity contribution in [1.82, 2.24) is 0 Å². The van der Waals surface area contributed by atoms with E-state index in [1.54, 1.807) is 24.3 Å². The summed E-state index contributed by atoms with van der Waals surface area (Å²) < 4.78 is 41.7. The van der Waals surface area contributed by atoms with E-state index in [0.29, 0.717) is 17.9 Å². The number of halogens is 3. The van der Waals surface area contributed by atoms with E-state index in [0.717, 1.165) is 48.6 Å². The zero-order chi connectivity index (χ0) is 45.8. The Hall–Kier alpha value is -7.80. The van der Waals surface area contributed by atoms with Crippen LogP contribution in [0.2, 0.25) is 0 Å². The van der Waals surface area contributed by atoms with Crippen LogP contribution in [0.15, 0.2) is 127 Å². The first kappa shape index (κ1) is 48.6. The highest BCUT2D eigenvalue weighted by Crippen LogP contribution is 2.34. The molecule has 0 atom stereocenters. The number of ether oxygens (including phenoxy) is 3. The second-order valence-electron chi connectivity index (χ2n) is 12.2. The molecule has 5 aromatic carbocycles. The van der Waals surface area contributed by atoms with Crippen molar-refractivity contribution in [3.05, 3.63) is 202 Å². The Kier molecular flexibility index (Phi) is 19.1. The van der Waals surface area contributed by atoms with Crippen molar-refractivity contribution in [2.24, 2.45) is 0 Å². The molecule has 2 N–H and O–H groups in total. The predicted molar refractivity (Wildman–Crippen MR) is 235 cm³/mol. The van der Waals surface area contributed by atoms with Gasteiger partial charge in [-0.2, -0.15) is 8.78 Å². The number of para-hydroxylation sites is 3. The lowest BCUT2D eigenvalue weighted by atomic mass is 10.1. The van der Waals surface area contributed by atoms with E-state index in [9.17, 15) is 49.2 Å². The third kappa shape index (κ3) is 13.6. The average molecular weight is 919 g/mol. The number of rotatable bonds is 9. The van der Waals surface area contributed by atoms with E-state index in [1.807, 2.05) is 24.3 Å². The summed E-state index contributed by atoms with van der Waals surface area (Å²) in [6.07, 6.45) is 10.1. The van der Waals surface area contributed by atoms with E-state index < -0.39 is 42.7 Å². The summed E-state index contributed by atoms with van der Waals surface area (Å²) in [5.41, 5.74) is 8.17. The van der Waals surface area contributed by atoms with Gasteiger partial charge in [0.05, 0.1) is 36.5 Å². The Bertz CT molecular complexity index is 2480. The third-order valence-electron chi connectivity index (χ3n) is 8.15. The molecule has 16 nitrogen and oxygen atoms in total. The minimum Gasteiger partial charge on any atom is -0.491 e. The van der Waals surface area contributed by atoms with Gasteiger partial charge in [0.15, 0.2) is 0 Å². The topological polar surface area (TPSA) is 226 Å². The maximum Gasteiger partial charge on any atom is 0.311 e. The van der Waals surface area contributed by atoms with Gasteiger partial charge < -0.3 is 19.9 Å². The smallest absolute Gasteiger partial charge is 0.311 e. The second kappa shape index (κ2) is 24.3. The minimum atomic E-state index is -0.836. The molecule has 0 radical (unpaired) electrons. The zero-order valence-corrected chi connectivity index (χ0v) is 34.3. The summed E-state index contributed by atoms with van der Waals surface area (Å²) in [5.74, 6) is -0.166. The van der Waals surface area contributed by atoms with Crippen molar-refractivity contribution in [3.8, 4) is 17.2 Å². The molecule has 62 heavy (non-hydrogen) atoms. The fourth-order valence-corrected chi connectivity index (χ4v) is 5.67. The van der Waals surface area contributed by atoms with Gasteiger partial charge in [0.25, 0.3) is 0 Å². The molecule has 0 bridgehead atoms. The quantitative estimate of drug-likeness (QED) is 0.0630. The number of benzene rings is 5. The minimum absolute atomic E-state index is 0.0295. The second-order valence-corrected chi connectivity index (χ2v) is 13.0. The summed E-state index contributed by atoms with van der Waals surface area (Å²) in [5, 5.41) is 41.6. The van der Waals surface area contributed by atoms with Gasteiger partial charge in [-0.3, -0.25) is 40.5 Å². The fourth-order valence-electron chi connectivity index (χ4n) is 5.31. The highest BCUT2D eigenvalue weighted by Gasteiger charge is 2.20. The number of fused-ring (bicyclic) bond motifs is 2. The van der Waals surface area contributed by atoms with Crippen LogP contribution in [-0.2, 0) is 6.42 Å². The molecule has 2 heterocycles. The number of nitrogens with zero attached hydrogens (tertiary/aromatic N) is 4. The summed E-state index contributed by atoms with van der Waals surface area (Å²) >= 11 is 2.83. The van der Waals surface area contributed by atoms with Crippen LogP contribution >= 0.6 is 15.9 Å². The van der Waals surface area contributed by atoms with Crippen molar-refractivity contribution in [2.45, 2.75) is 12.8 Å². The van der Waals surface area contributed by atoms with Gasteiger partial charge in [-0.25, -0.2) is 0 Å². The van der Waals surface area contributed by atoms with Crippen LogP contribution in [-0.4, -0.2) is 39.5 Å². The number of nitro benzene ring substituents is 4. The fraction of sp³-hybridized carbons (Fsp3) is 0.116. The number of hydrogen-bond donors (Lipinski definition) is 1. The van der Waals surface area contributed by atoms with Crippen LogP contribution < -0.4 is 19.9 Å². The summed E-state index contributed by atoms with van der Waals surface area (Å²) in [4.78, 5) is 39.2. The molecule has 0 saturated heterocycles. The normalized spacial score (nSPS) is 11.3. The molecule has 2 aliphatic heterocycles. The van der Waals surface area contributed by atoms with Crippen molar-refractivity contribution in [2.75, 3.05) is 25.6 Å². The maximum absolute atomic E-state index is 13.0. The molecule has 0 fully saturated rings. The van der Waals surface area contributed by atoms with Crippen LogP contribution in [0.5, 0.6) is 17.2 Å². The molecule has 0 spiro atoms. The molecule has 0 aliphatic carbocycles. The molecule has 19 heteroatoms. The van der Waals surface area contributed by atoms with Crippen LogP contribution in [0.4, 0.5) is 37.2 Å². The number of aryl methyl sites for hydroxylation is 1. The number of nitrogen functional groups attached to an aromatic ring is 1. The first-order valence-corrected chi connectivity index (χ1v) is 18.8. The van der Waals surface area contributed by atoms with Crippen molar-refractivity contribution in [3.63, 3.8) is 0 Å². The predicted octanol–water partition coefficient (Wildman–Crippen LogP) is 11.3. The molecule has 0 unspecified atom stereocenters. The number of hydrogen-bond acceptors (Lipinski definition) is 12. The molecule has 0 saturated carbocycles. The molecule has 2 aliphatic rings. The van der Waals surface area contributed by atoms with Crippen LogP contribution in [0, 0.1) is 52.1 Å². The van der Waals surface area contributed by atoms with E-state index >= 15 is 0 Å². The van der Waals surface area contributed by atoms with Gasteiger partial charge in [-0.1, -0.05) is 98.6 Å². The van der Waals surface area contributed by atoms with Crippen LogP contribution in [0.1, 0.15) is 28.7 Å². The first-order valence-electron chi connectivity index (χ1n) is 18.0. The SMILES string of the molecule is C=CCOc1c(C=C)cccc1[N+](=O)[O-].C=Cc1cccc([N+](=O)[O-])c1F.Nc1cccc2c1OCCC2.O=[N+]([O-])c1cccc(Br)c1F.O=[N+]([O-])c1cccc2c1OCC=C2. The van der Waals surface area contributed by atoms with E-state index in [1.165, 1.54) is 60.2 Å². The van der Waals surface area contributed by atoms with E-state index in [2.05, 4.69) is 41.7 Å². The number of anilines is 1. The summed E-state index contributed by atoms with van der Waals surface area (Å²) in [7, 11) is 0. The van der Waals surface area contributed by atoms with Crippen molar-refractivity contribution < 1.29 is 42.7 Å². The van der Waals surface area contributed by atoms with E-state index in [-0.39, 0.29) is 33.8 Å². The Morgan fingerprint density at radius 1 is 0.694 bits per heavy atom. The Balaban J connectivity index is 0.000000207. The molecular formula is C43H38BrF2N5O11. The first-order chi connectivity index (χ1) is 29.7. The van der Waals surface area contributed by atoms with Gasteiger partial charge in [0.2, 0.25) is 23.1 Å². The van der Waals surface area contributed by atoms with Gasteiger partial charge >= 0.3 is 22.7 Å². The van der Waals surface area contributed by atoms with Crippen molar-refractivity contribution >= 4 is 62.6 Å². The lowest BCUT2D eigenvalue weighted by Gasteiger charge is -2.18. The highest BCUT2D eigenvalue weighted by atomic mass is 79.9. The molecule has 0 amide bonds. The molecular weight excluding hydrogens is 880 g/mol. The maximum atomic E-state index is 13.0. The van der Waals surface area contributed by atoms with Gasteiger partial charge in [-0.05, 0) is 52.5 Å². The number of nitro groups is 4. The molecule has 7 rings (SSSR count). The lowest BCUT2D eigenvalue weighted by Crippen LogP contribution is -2.09. The van der Waals surface area contributed by atoms with Gasteiger partial charge in [0.1, 0.15) is 19.0 Å². The van der Waals surface area contributed by atoms with E-state index in [4.69, 9.17) is 19.9 Å². The Labute approximate surface area is 361 Å². The Morgan fingerprint density at radius 3 is 1.82 bits per heavy atom. The zero-order valence-electron chi connectivity index (χ0n) is 32.7. The standard InChI is InChI=1S/C11H11NO3.C9H7NO3.C9H11NO.C8H6FNO2.C6H3BrFNO2/c1-3-8-15-11-9(4-2)6-5-7-10(11)12(13)14;11-10(12)8-5-1-3-7-4-2-6-13-9(7)8;10-8-5-1-3-7-4-2-6-11-9(7)8;1-2-6-4-3-5-7(8(6)9)10(11)12;7-4-2-1-3-5(6(4)8)9(10)11/h3-7H,1-2,8H2;1-5H,6H2;1,3,5H,2,4,6,10H2;2-5H,1H2;1-3H. The lowest BCUT2D eigenvalue weighted by molar-refractivity contribution is -0.387. The average Bonchev–Trinajstić information content (AvgIpc) is 3.27. The monoisotopic (exact) mass is 917 g/mol. The highest BCUT2D eigenvalue weighted by molar-refractivity contribution is 9.10. The van der Waals surface area contributed by atoms with Crippen molar-refractivity contribution in [1.29, 1.82) is 0 Å². The van der Waals surface area contributed by atoms with Gasteiger partial charge in [-0.15, -0.1) is 0 Å².